The van der Waals surface area contributed by atoms with Gasteiger partial charge in [-0.3, -0.25) is 10.1 Å². The van der Waals surface area contributed by atoms with E-state index >= 15 is 0 Å². The summed E-state index contributed by atoms with van der Waals surface area (Å²) >= 11 is 3.12. The Balaban J connectivity index is 2.39. The number of aromatic nitrogens is 1. The van der Waals surface area contributed by atoms with Gasteiger partial charge in [0.15, 0.2) is 0 Å². The lowest BCUT2D eigenvalue weighted by atomic mass is 10.2. The lowest BCUT2D eigenvalue weighted by Crippen LogP contribution is -2.01. The fraction of sp³-hybridized carbons (Fsp3) is 0.0833. The fourth-order valence-electron chi connectivity index (χ4n) is 1.56. The zero-order valence-electron chi connectivity index (χ0n) is 10.2. The van der Waals surface area contributed by atoms with Gasteiger partial charge in [0.2, 0.25) is 0 Å². The van der Waals surface area contributed by atoms with E-state index in [1.165, 1.54) is 19.1 Å². The molecule has 2 aromatic rings. The Labute approximate surface area is 120 Å². The van der Waals surface area contributed by atoms with Crippen LogP contribution >= 0.6 is 15.9 Å². The normalized spacial score (nSPS) is 10.4. The molecule has 104 valence electrons. The average molecular weight is 344 g/mol. The molecule has 20 heavy (non-hydrogen) atoms. The van der Waals surface area contributed by atoms with Gasteiger partial charge in [-0.1, -0.05) is 0 Å². The van der Waals surface area contributed by atoms with Gasteiger partial charge in [0.05, 0.1) is 15.1 Å². The molecular weight excluding hydrogens is 336 g/mol. The number of nitrogens with zero attached hydrogens (tertiary/aromatic N) is 2. The van der Waals surface area contributed by atoms with Crippen molar-refractivity contribution in [3.8, 4) is 0 Å². The van der Waals surface area contributed by atoms with Crippen LogP contribution < -0.4 is 5.32 Å². The highest BCUT2D eigenvalue weighted by atomic mass is 79.9. The van der Waals surface area contributed by atoms with Crippen molar-refractivity contribution in [3.05, 3.63) is 56.2 Å². The molecule has 0 saturated heterocycles. The minimum absolute atomic E-state index is 0.0212. The smallest absolute Gasteiger partial charge is 0.291 e. The molecule has 0 aliphatic heterocycles. The van der Waals surface area contributed by atoms with Crippen molar-refractivity contribution in [1.82, 2.24) is 4.98 Å². The summed E-state index contributed by atoms with van der Waals surface area (Å²) in [6.45, 7) is 1.47. The van der Waals surface area contributed by atoms with Gasteiger partial charge in [-0.2, -0.15) is 0 Å². The first-order valence-corrected chi connectivity index (χ1v) is 6.21. The molecule has 0 aliphatic rings. The van der Waals surface area contributed by atoms with Crippen LogP contribution in [-0.4, -0.2) is 9.91 Å². The van der Waals surface area contributed by atoms with Crippen LogP contribution in [0.2, 0.25) is 0 Å². The zero-order chi connectivity index (χ0) is 14.9. The zero-order valence-corrected chi connectivity index (χ0v) is 11.7. The predicted octanol–water partition coefficient (Wildman–Crippen LogP) is 4.08. The summed E-state index contributed by atoms with van der Waals surface area (Å²) < 4.78 is 26.6. The highest BCUT2D eigenvalue weighted by Crippen LogP contribution is 2.30. The third-order valence-electron chi connectivity index (χ3n) is 2.52. The molecule has 1 aromatic carbocycles. The number of hydrogen-bond acceptors (Lipinski definition) is 4. The number of hydrogen-bond donors (Lipinski definition) is 1. The van der Waals surface area contributed by atoms with E-state index in [2.05, 4.69) is 26.2 Å². The molecule has 0 aliphatic carbocycles. The van der Waals surface area contributed by atoms with E-state index in [0.29, 0.717) is 4.47 Å². The summed E-state index contributed by atoms with van der Waals surface area (Å²) in [6, 6.07) is 4.31. The standard InChI is InChI=1S/C12H8BrF2N3O2/c1-6-11(18(19)20)5-8(13)12(16-6)17-10-3-2-7(14)4-9(10)15/h2-5H,1H3,(H,16,17). The van der Waals surface area contributed by atoms with Gasteiger partial charge >= 0.3 is 0 Å². The Morgan fingerprint density at radius 2 is 2.05 bits per heavy atom. The molecule has 0 unspecified atom stereocenters. The first-order valence-electron chi connectivity index (χ1n) is 5.42. The quantitative estimate of drug-likeness (QED) is 0.673. The van der Waals surface area contributed by atoms with Crippen LogP contribution in [0.4, 0.5) is 26.0 Å². The van der Waals surface area contributed by atoms with Crippen LogP contribution in [0.25, 0.3) is 0 Å². The van der Waals surface area contributed by atoms with Crippen LogP contribution in [0, 0.1) is 28.7 Å². The van der Waals surface area contributed by atoms with E-state index in [-0.39, 0.29) is 22.9 Å². The van der Waals surface area contributed by atoms with Crippen LogP contribution in [0.15, 0.2) is 28.7 Å². The summed E-state index contributed by atoms with van der Waals surface area (Å²) in [6.07, 6.45) is 0. The van der Waals surface area contributed by atoms with Gasteiger partial charge in [-0.15, -0.1) is 0 Å². The predicted molar refractivity (Wildman–Crippen MR) is 73.0 cm³/mol. The number of rotatable bonds is 3. The minimum Gasteiger partial charge on any atom is -0.337 e. The van der Waals surface area contributed by atoms with Gasteiger partial charge < -0.3 is 5.32 Å². The van der Waals surface area contributed by atoms with E-state index in [9.17, 15) is 18.9 Å². The number of halogens is 3. The van der Waals surface area contributed by atoms with E-state index in [1.807, 2.05) is 0 Å². The monoisotopic (exact) mass is 343 g/mol. The van der Waals surface area contributed by atoms with Crippen molar-refractivity contribution < 1.29 is 13.7 Å². The van der Waals surface area contributed by atoms with Gasteiger partial charge in [0.1, 0.15) is 23.1 Å². The third-order valence-corrected chi connectivity index (χ3v) is 3.13. The maximum Gasteiger partial charge on any atom is 0.291 e. The van der Waals surface area contributed by atoms with Crippen molar-refractivity contribution in [3.63, 3.8) is 0 Å². The fourth-order valence-corrected chi connectivity index (χ4v) is 1.97. The Hall–Kier alpha value is -2.09. The van der Waals surface area contributed by atoms with Crippen LogP contribution in [0.3, 0.4) is 0 Å². The SMILES string of the molecule is Cc1nc(Nc2ccc(F)cc2F)c(Br)cc1[N+](=O)[O-]. The maximum atomic E-state index is 13.5. The number of anilines is 2. The first kappa shape index (κ1) is 14.3. The highest BCUT2D eigenvalue weighted by Gasteiger charge is 2.16. The second kappa shape index (κ2) is 5.49. The molecule has 0 saturated carbocycles. The van der Waals surface area contributed by atoms with Crippen LogP contribution in [0.5, 0.6) is 0 Å². The van der Waals surface area contributed by atoms with E-state index < -0.39 is 16.6 Å². The van der Waals surface area contributed by atoms with E-state index in [4.69, 9.17) is 0 Å². The minimum atomic E-state index is -0.783. The molecule has 0 fully saturated rings. The summed E-state index contributed by atoms with van der Waals surface area (Å²) in [4.78, 5) is 14.2. The molecule has 0 bridgehead atoms. The van der Waals surface area contributed by atoms with Gasteiger partial charge in [0.25, 0.3) is 5.69 Å². The summed E-state index contributed by atoms with van der Waals surface area (Å²) in [5, 5.41) is 13.4. The number of nitro groups is 1. The Kier molecular flexibility index (Phi) is 3.93. The molecule has 0 radical (unpaired) electrons. The topological polar surface area (TPSA) is 68.1 Å². The molecule has 1 aromatic heterocycles. The molecule has 0 amide bonds. The van der Waals surface area contributed by atoms with Crippen molar-refractivity contribution in [2.45, 2.75) is 6.92 Å². The van der Waals surface area contributed by atoms with Crippen LogP contribution in [0.1, 0.15) is 5.69 Å². The van der Waals surface area contributed by atoms with Crippen molar-refractivity contribution >= 4 is 33.1 Å². The summed E-state index contributed by atoms with van der Waals surface area (Å²) in [7, 11) is 0. The van der Waals surface area contributed by atoms with E-state index in [0.717, 1.165) is 12.1 Å². The third kappa shape index (κ3) is 2.90. The van der Waals surface area contributed by atoms with Gasteiger partial charge in [-0.05, 0) is 35.0 Å². The lowest BCUT2D eigenvalue weighted by Gasteiger charge is -2.09. The molecule has 2 rings (SSSR count). The number of benzene rings is 1. The Morgan fingerprint density at radius 3 is 2.65 bits per heavy atom. The summed E-state index contributed by atoms with van der Waals surface area (Å²) in [5.41, 5.74) is 0.0538. The van der Waals surface area contributed by atoms with Gasteiger partial charge in [-0.25, -0.2) is 13.8 Å². The second-order valence-corrected chi connectivity index (χ2v) is 4.78. The number of nitrogens with one attached hydrogen (secondary N) is 1. The van der Waals surface area contributed by atoms with Crippen molar-refractivity contribution in [2.24, 2.45) is 0 Å². The molecule has 1 N–H and O–H groups in total. The van der Waals surface area contributed by atoms with Gasteiger partial charge in [0, 0.05) is 12.1 Å². The lowest BCUT2D eigenvalue weighted by molar-refractivity contribution is -0.385. The first-order chi connectivity index (χ1) is 9.38. The molecule has 0 spiro atoms. The molecule has 5 nitrogen and oxygen atoms in total. The average Bonchev–Trinajstić information content (AvgIpc) is 2.36. The molecule has 1 heterocycles. The second-order valence-electron chi connectivity index (χ2n) is 3.93. The van der Waals surface area contributed by atoms with E-state index in [1.54, 1.807) is 0 Å². The highest BCUT2D eigenvalue weighted by molar-refractivity contribution is 9.10. The molecule has 8 heteroatoms. The largest absolute Gasteiger partial charge is 0.337 e. The van der Waals surface area contributed by atoms with Crippen molar-refractivity contribution in [2.75, 3.05) is 5.32 Å². The van der Waals surface area contributed by atoms with Crippen LogP contribution in [-0.2, 0) is 0 Å². The Bertz CT molecular complexity index is 695. The summed E-state index contributed by atoms with van der Waals surface area (Å²) in [5.74, 6) is -1.27. The molecular formula is C12H8BrF2N3O2. The number of pyridine rings is 1. The molecule has 0 atom stereocenters. The van der Waals surface area contributed by atoms with Crippen molar-refractivity contribution in [1.29, 1.82) is 0 Å². The number of aryl methyl sites for hydroxylation is 1. The maximum absolute atomic E-state index is 13.5. The Morgan fingerprint density at radius 1 is 1.35 bits per heavy atom.